The summed E-state index contributed by atoms with van der Waals surface area (Å²) in [5.41, 5.74) is 0. The number of nitriles is 1. The first-order chi connectivity index (χ1) is 8.10. The molecule has 1 unspecified atom stereocenters. The maximum Gasteiger partial charge on any atom is 0.333 e. The highest BCUT2D eigenvalue weighted by Crippen LogP contribution is 1.98. The standard InChI is InChI=1S/C7H9NO2.C4H4O3/c1-2-7(9)10-6-4-3-5-8;5-3-1-2-4(6)7-3/h2H,1,3-4,6H2;1-3,5H. The monoisotopic (exact) mass is 239 g/mol. The van der Waals surface area contributed by atoms with Gasteiger partial charge >= 0.3 is 11.9 Å². The van der Waals surface area contributed by atoms with Gasteiger partial charge in [0.15, 0.2) is 0 Å². The minimum absolute atomic E-state index is 0.304. The predicted molar refractivity (Wildman–Crippen MR) is 57.2 cm³/mol. The van der Waals surface area contributed by atoms with Crippen molar-refractivity contribution in [3.63, 3.8) is 0 Å². The number of nitrogens with zero attached hydrogens (tertiary/aromatic N) is 1. The lowest BCUT2D eigenvalue weighted by molar-refractivity contribution is -0.150. The van der Waals surface area contributed by atoms with Crippen LogP contribution in [0, 0.1) is 11.3 Å². The molecule has 0 aromatic rings. The quantitative estimate of drug-likeness (QED) is 0.434. The van der Waals surface area contributed by atoms with Crippen molar-refractivity contribution in [1.82, 2.24) is 0 Å². The Bertz CT molecular complexity index is 342. The van der Waals surface area contributed by atoms with E-state index in [9.17, 15) is 9.59 Å². The molecule has 0 aliphatic carbocycles. The molecule has 0 radical (unpaired) electrons. The third-order valence-electron chi connectivity index (χ3n) is 1.48. The van der Waals surface area contributed by atoms with Crippen molar-refractivity contribution in [1.29, 1.82) is 5.26 Å². The molecule has 0 aromatic heterocycles. The minimum atomic E-state index is -1.01. The number of unbranched alkanes of at least 4 members (excludes halogenated alkanes) is 1. The molecular formula is C11H13NO5. The molecule has 1 aliphatic rings. The van der Waals surface area contributed by atoms with Crippen LogP contribution in [0.4, 0.5) is 0 Å². The van der Waals surface area contributed by atoms with Crippen molar-refractivity contribution in [2.75, 3.05) is 6.61 Å². The summed E-state index contributed by atoms with van der Waals surface area (Å²) >= 11 is 0. The van der Waals surface area contributed by atoms with E-state index in [1.165, 1.54) is 12.2 Å². The summed E-state index contributed by atoms with van der Waals surface area (Å²) in [5.74, 6) is -0.912. The Labute approximate surface area is 98.7 Å². The van der Waals surface area contributed by atoms with E-state index in [4.69, 9.17) is 10.4 Å². The number of rotatable bonds is 4. The van der Waals surface area contributed by atoms with E-state index in [0.717, 1.165) is 6.08 Å². The van der Waals surface area contributed by atoms with Gasteiger partial charge in [0.2, 0.25) is 6.29 Å². The molecule has 6 nitrogen and oxygen atoms in total. The molecule has 1 heterocycles. The van der Waals surface area contributed by atoms with Gasteiger partial charge < -0.3 is 14.6 Å². The highest BCUT2D eigenvalue weighted by Gasteiger charge is 2.10. The summed E-state index contributed by atoms with van der Waals surface area (Å²) < 4.78 is 8.75. The molecule has 17 heavy (non-hydrogen) atoms. The second-order valence-electron chi connectivity index (χ2n) is 2.82. The fourth-order valence-corrected chi connectivity index (χ4v) is 0.741. The fourth-order valence-electron chi connectivity index (χ4n) is 0.741. The summed E-state index contributed by atoms with van der Waals surface area (Å²) in [6.45, 7) is 3.52. The van der Waals surface area contributed by atoms with E-state index in [-0.39, 0.29) is 0 Å². The molecule has 0 fully saturated rings. The zero-order chi connectivity index (χ0) is 13.1. The molecule has 1 rings (SSSR count). The van der Waals surface area contributed by atoms with Crippen LogP contribution in [0.25, 0.3) is 0 Å². The first kappa shape index (κ1) is 14.9. The molecule has 0 saturated carbocycles. The third-order valence-corrected chi connectivity index (χ3v) is 1.48. The molecule has 6 heteroatoms. The van der Waals surface area contributed by atoms with Crippen LogP contribution in [-0.4, -0.2) is 29.9 Å². The van der Waals surface area contributed by atoms with E-state index >= 15 is 0 Å². The Morgan fingerprint density at radius 1 is 1.76 bits per heavy atom. The maximum absolute atomic E-state index is 10.4. The summed E-state index contributed by atoms with van der Waals surface area (Å²) in [6, 6.07) is 1.94. The van der Waals surface area contributed by atoms with Crippen LogP contribution in [0.3, 0.4) is 0 Å². The van der Waals surface area contributed by atoms with Crippen molar-refractivity contribution < 1.29 is 24.2 Å². The van der Waals surface area contributed by atoms with Crippen molar-refractivity contribution >= 4 is 11.9 Å². The topological polar surface area (TPSA) is 96.6 Å². The molecule has 0 saturated heterocycles. The number of hydrogen-bond donors (Lipinski definition) is 1. The summed E-state index contributed by atoms with van der Waals surface area (Å²) in [5, 5.41) is 16.4. The molecule has 92 valence electrons. The highest BCUT2D eigenvalue weighted by molar-refractivity contribution is 5.84. The number of esters is 2. The largest absolute Gasteiger partial charge is 0.463 e. The maximum atomic E-state index is 10.4. The number of aliphatic hydroxyl groups excluding tert-OH is 1. The number of aliphatic hydroxyl groups is 1. The number of ether oxygens (including phenoxy) is 2. The second kappa shape index (κ2) is 9.12. The zero-order valence-corrected chi connectivity index (χ0v) is 9.17. The second-order valence-corrected chi connectivity index (χ2v) is 2.82. The summed E-state index contributed by atoms with van der Waals surface area (Å²) in [7, 11) is 0. The minimum Gasteiger partial charge on any atom is -0.463 e. The van der Waals surface area contributed by atoms with Gasteiger partial charge in [0.25, 0.3) is 0 Å². The third kappa shape index (κ3) is 8.84. The lowest BCUT2D eigenvalue weighted by Crippen LogP contribution is -2.04. The molecule has 1 aliphatic heterocycles. The normalized spacial score (nSPS) is 16.2. The predicted octanol–water partition coefficient (Wildman–Crippen LogP) is 0.437. The molecule has 0 bridgehead atoms. The molecule has 0 amide bonds. The Balaban J connectivity index is 0.000000318. The van der Waals surface area contributed by atoms with Gasteiger partial charge in [-0.25, -0.2) is 9.59 Å². The van der Waals surface area contributed by atoms with Crippen LogP contribution in [0.1, 0.15) is 12.8 Å². The fraction of sp³-hybridized carbons (Fsp3) is 0.364. The smallest absolute Gasteiger partial charge is 0.333 e. The van der Waals surface area contributed by atoms with Crippen molar-refractivity contribution in [3.05, 3.63) is 24.8 Å². The number of hydrogen-bond acceptors (Lipinski definition) is 6. The highest BCUT2D eigenvalue weighted by atomic mass is 16.6. The summed E-state index contributed by atoms with van der Waals surface area (Å²) in [6.07, 6.45) is 3.58. The first-order valence-corrected chi connectivity index (χ1v) is 4.83. The van der Waals surface area contributed by atoms with Crippen LogP contribution >= 0.6 is 0 Å². The van der Waals surface area contributed by atoms with Gasteiger partial charge in [0, 0.05) is 18.6 Å². The van der Waals surface area contributed by atoms with Gasteiger partial charge in [-0.15, -0.1) is 0 Å². The van der Waals surface area contributed by atoms with E-state index in [2.05, 4.69) is 16.1 Å². The molecule has 0 aromatic carbocycles. The van der Waals surface area contributed by atoms with Crippen molar-refractivity contribution in [2.24, 2.45) is 0 Å². The van der Waals surface area contributed by atoms with Gasteiger partial charge in [0.1, 0.15) is 0 Å². The van der Waals surface area contributed by atoms with Crippen molar-refractivity contribution in [3.8, 4) is 6.07 Å². The van der Waals surface area contributed by atoms with E-state index in [0.29, 0.717) is 19.4 Å². The molecule has 1 N–H and O–H groups in total. The molecular weight excluding hydrogens is 226 g/mol. The Morgan fingerprint density at radius 2 is 2.47 bits per heavy atom. The summed E-state index contributed by atoms with van der Waals surface area (Å²) in [4.78, 5) is 20.3. The van der Waals surface area contributed by atoms with Crippen molar-refractivity contribution in [2.45, 2.75) is 19.1 Å². The first-order valence-electron chi connectivity index (χ1n) is 4.83. The number of carbonyl (C=O) groups excluding carboxylic acids is 2. The van der Waals surface area contributed by atoms with E-state index in [1.807, 2.05) is 6.07 Å². The van der Waals surface area contributed by atoms with Gasteiger partial charge in [0.05, 0.1) is 12.7 Å². The Hall–Kier alpha value is -2.13. The van der Waals surface area contributed by atoms with Gasteiger partial charge in [-0.1, -0.05) is 6.58 Å². The van der Waals surface area contributed by atoms with Gasteiger partial charge in [-0.3, -0.25) is 0 Å². The van der Waals surface area contributed by atoms with Gasteiger partial charge in [-0.05, 0) is 12.5 Å². The SMILES string of the molecule is C=CC(=O)OCCCC#N.O=C1C=CC(O)O1. The van der Waals surface area contributed by atoms with E-state index in [1.54, 1.807) is 0 Å². The average Bonchev–Trinajstić information content (AvgIpc) is 2.69. The van der Waals surface area contributed by atoms with E-state index < -0.39 is 18.2 Å². The number of cyclic esters (lactones) is 1. The lowest BCUT2D eigenvalue weighted by Gasteiger charge is -1.96. The zero-order valence-electron chi connectivity index (χ0n) is 9.17. The van der Waals surface area contributed by atoms with Crippen LogP contribution in [-0.2, 0) is 19.1 Å². The average molecular weight is 239 g/mol. The number of carbonyl (C=O) groups is 2. The van der Waals surface area contributed by atoms with Gasteiger partial charge in [-0.2, -0.15) is 5.26 Å². The molecule has 1 atom stereocenters. The Kier molecular flexibility index (Phi) is 7.98. The van der Waals surface area contributed by atoms with Crippen LogP contribution < -0.4 is 0 Å². The van der Waals surface area contributed by atoms with Crippen LogP contribution in [0.2, 0.25) is 0 Å². The lowest BCUT2D eigenvalue weighted by atomic mass is 10.3. The molecule has 0 spiro atoms. The van der Waals surface area contributed by atoms with Crippen LogP contribution in [0.5, 0.6) is 0 Å². The van der Waals surface area contributed by atoms with Crippen LogP contribution in [0.15, 0.2) is 24.8 Å². The Morgan fingerprint density at radius 3 is 2.82 bits per heavy atom.